The molecule has 0 saturated heterocycles. The van der Waals surface area contributed by atoms with Crippen LogP contribution in [0.3, 0.4) is 0 Å². The summed E-state index contributed by atoms with van der Waals surface area (Å²) in [6, 6.07) is 11.9. The molecule has 0 bridgehead atoms. The molecule has 2 rings (SSSR count). The van der Waals surface area contributed by atoms with Gasteiger partial charge in [0.05, 0.1) is 0 Å². The second-order valence-corrected chi connectivity index (χ2v) is 4.40. The van der Waals surface area contributed by atoms with Gasteiger partial charge in [-0.2, -0.15) is 0 Å². The van der Waals surface area contributed by atoms with E-state index < -0.39 is 0 Å². The zero-order chi connectivity index (χ0) is 10.5. The molecular weight excluding hydrogens is 184 g/mol. The lowest BCUT2D eigenvalue weighted by Crippen LogP contribution is -2.37. The van der Waals surface area contributed by atoms with E-state index in [-0.39, 0.29) is 0 Å². The zero-order valence-electron chi connectivity index (χ0n) is 9.15. The third-order valence-corrected chi connectivity index (χ3v) is 2.96. The Morgan fingerprint density at radius 3 is 2.60 bits per heavy atom. The van der Waals surface area contributed by atoms with Gasteiger partial charge in [-0.1, -0.05) is 30.3 Å². The van der Waals surface area contributed by atoms with E-state index in [1.54, 1.807) is 0 Å². The molecule has 1 aliphatic carbocycles. The van der Waals surface area contributed by atoms with E-state index in [2.05, 4.69) is 35.6 Å². The van der Waals surface area contributed by atoms with E-state index in [0.717, 1.165) is 25.4 Å². The summed E-state index contributed by atoms with van der Waals surface area (Å²) < 4.78 is 0. The minimum atomic E-state index is 0.498. The molecule has 1 aliphatic rings. The third-order valence-electron chi connectivity index (χ3n) is 2.96. The van der Waals surface area contributed by atoms with Crippen molar-refractivity contribution >= 4 is 0 Å². The van der Waals surface area contributed by atoms with Gasteiger partial charge in [0.25, 0.3) is 0 Å². The molecule has 3 N–H and O–H groups in total. The van der Waals surface area contributed by atoms with Crippen LogP contribution in [-0.2, 0) is 6.42 Å². The Hall–Kier alpha value is -0.860. The standard InChI is InChI=1S/C13H20N2/c14-10-13(15-12-8-9-12)7-6-11-4-2-1-3-5-11/h1-5,12-13,15H,6-10,14H2. The Morgan fingerprint density at radius 1 is 1.27 bits per heavy atom. The molecule has 15 heavy (non-hydrogen) atoms. The maximum Gasteiger partial charge on any atom is 0.0196 e. The van der Waals surface area contributed by atoms with Gasteiger partial charge in [-0.05, 0) is 31.2 Å². The fourth-order valence-corrected chi connectivity index (χ4v) is 1.84. The summed E-state index contributed by atoms with van der Waals surface area (Å²) in [6.07, 6.45) is 4.95. The summed E-state index contributed by atoms with van der Waals surface area (Å²) in [7, 11) is 0. The fraction of sp³-hybridized carbons (Fsp3) is 0.538. The van der Waals surface area contributed by atoms with Crippen molar-refractivity contribution < 1.29 is 0 Å². The number of nitrogens with two attached hydrogens (primary N) is 1. The third kappa shape index (κ3) is 3.65. The number of benzene rings is 1. The van der Waals surface area contributed by atoms with Crippen LogP contribution in [0.4, 0.5) is 0 Å². The minimum Gasteiger partial charge on any atom is -0.329 e. The monoisotopic (exact) mass is 204 g/mol. The first-order valence-electron chi connectivity index (χ1n) is 5.88. The van der Waals surface area contributed by atoms with Gasteiger partial charge in [0.2, 0.25) is 0 Å². The highest BCUT2D eigenvalue weighted by atomic mass is 15.0. The normalized spacial score (nSPS) is 17.7. The molecule has 0 amide bonds. The van der Waals surface area contributed by atoms with Gasteiger partial charge in [0, 0.05) is 18.6 Å². The Kier molecular flexibility index (Phi) is 3.75. The smallest absolute Gasteiger partial charge is 0.0196 e. The second kappa shape index (κ2) is 5.29. The molecule has 0 heterocycles. The molecule has 1 unspecified atom stereocenters. The van der Waals surface area contributed by atoms with E-state index in [4.69, 9.17) is 5.73 Å². The SMILES string of the molecule is NCC(CCc1ccccc1)NC1CC1. The highest BCUT2D eigenvalue weighted by Crippen LogP contribution is 2.20. The van der Waals surface area contributed by atoms with E-state index in [1.807, 2.05) is 0 Å². The average molecular weight is 204 g/mol. The Labute approximate surface area is 91.9 Å². The van der Waals surface area contributed by atoms with Crippen LogP contribution >= 0.6 is 0 Å². The molecule has 0 aliphatic heterocycles. The predicted molar refractivity (Wildman–Crippen MR) is 63.8 cm³/mol. The summed E-state index contributed by atoms with van der Waals surface area (Å²) in [6.45, 7) is 0.753. The number of aryl methyl sites for hydroxylation is 1. The summed E-state index contributed by atoms with van der Waals surface area (Å²) in [5.41, 5.74) is 7.16. The Morgan fingerprint density at radius 2 is 2.00 bits per heavy atom. The first-order chi connectivity index (χ1) is 7.38. The van der Waals surface area contributed by atoms with Crippen LogP contribution in [0.15, 0.2) is 30.3 Å². The Bertz CT molecular complexity index is 280. The molecule has 1 aromatic rings. The number of hydrogen-bond donors (Lipinski definition) is 2. The van der Waals surface area contributed by atoms with Crippen LogP contribution in [0.25, 0.3) is 0 Å². The Balaban J connectivity index is 1.75. The highest BCUT2D eigenvalue weighted by Gasteiger charge is 2.23. The van der Waals surface area contributed by atoms with Crippen molar-refractivity contribution in [1.29, 1.82) is 0 Å². The van der Waals surface area contributed by atoms with Crippen molar-refractivity contribution in [1.82, 2.24) is 5.32 Å². The lowest BCUT2D eigenvalue weighted by atomic mass is 10.1. The van der Waals surface area contributed by atoms with Gasteiger partial charge in [-0.25, -0.2) is 0 Å². The second-order valence-electron chi connectivity index (χ2n) is 4.40. The van der Waals surface area contributed by atoms with Gasteiger partial charge in [-0.3, -0.25) is 0 Å². The van der Waals surface area contributed by atoms with Crippen LogP contribution in [-0.4, -0.2) is 18.6 Å². The maximum absolute atomic E-state index is 5.75. The number of nitrogens with one attached hydrogen (secondary N) is 1. The molecule has 2 nitrogen and oxygen atoms in total. The minimum absolute atomic E-state index is 0.498. The summed E-state index contributed by atoms with van der Waals surface area (Å²) in [4.78, 5) is 0. The highest BCUT2D eigenvalue weighted by molar-refractivity contribution is 5.14. The van der Waals surface area contributed by atoms with Gasteiger partial charge in [0.1, 0.15) is 0 Å². The van der Waals surface area contributed by atoms with E-state index in [1.165, 1.54) is 18.4 Å². The molecule has 2 heteroatoms. The lowest BCUT2D eigenvalue weighted by Gasteiger charge is -2.16. The predicted octanol–water partition coefficient (Wildman–Crippen LogP) is 1.70. The zero-order valence-corrected chi connectivity index (χ0v) is 9.15. The van der Waals surface area contributed by atoms with E-state index in [0.29, 0.717) is 6.04 Å². The van der Waals surface area contributed by atoms with Gasteiger partial charge >= 0.3 is 0 Å². The quantitative estimate of drug-likeness (QED) is 0.740. The maximum atomic E-state index is 5.75. The van der Waals surface area contributed by atoms with E-state index in [9.17, 15) is 0 Å². The van der Waals surface area contributed by atoms with Gasteiger partial charge in [-0.15, -0.1) is 0 Å². The molecule has 82 valence electrons. The molecule has 0 aromatic heterocycles. The van der Waals surface area contributed by atoms with Gasteiger partial charge < -0.3 is 11.1 Å². The molecule has 1 atom stereocenters. The molecular formula is C13H20N2. The van der Waals surface area contributed by atoms with Crippen molar-refractivity contribution in [3.63, 3.8) is 0 Å². The molecule has 1 saturated carbocycles. The fourth-order valence-electron chi connectivity index (χ4n) is 1.84. The summed E-state index contributed by atoms with van der Waals surface area (Å²) in [5, 5.41) is 3.59. The lowest BCUT2D eigenvalue weighted by molar-refractivity contribution is 0.485. The van der Waals surface area contributed by atoms with Crippen molar-refractivity contribution in [2.45, 2.75) is 37.8 Å². The molecule has 0 radical (unpaired) electrons. The van der Waals surface area contributed by atoms with Gasteiger partial charge in [0.15, 0.2) is 0 Å². The molecule has 0 spiro atoms. The van der Waals surface area contributed by atoms with Crippen LogP contribution in [0.1, 0.15) is 24.8 Å². The van der Waals surface area contributed by atoms with Crippen molar-refractivity contribution in [2.24, 2.45) is 5.73 Å². The topological polar surface area (TPSA) is 38.0 Å². The first-order valence-corrected chi connectivity index (χ1v) is 5.88. The number of hydrogen-bond acceptors (Lipinski definition) is 2. The molecule has 1 fully saturated rings. The first kappa shape index (κ1) is 10.7. The molecule has 1 aromatic carbocycles. The van der Waals surface area contributed by atoms with Crippen molar-refractivity contribution in [3.05, 3.63) is 35.9 Å². The van der Waals surface area contributed by atoms with Crippen molar-refractivity contribution in [3.8, 4) is 0 Å². The van der Waals surface area contributed by atoms with Crippen molar-refractivity contribution in [2.75, 3.05) is 6.54 Å². The summed E-state index contributed by atoms with van der Waals surface area (Å²) in [5.74, 6) is 0. The largest absolute Gasteiger partial charge is 0.329 e. The number of rotatable bonds is 6. The van der Waals surface area contributed by atoms with Crippen LogP contribution in [0, 0.1) is 0 Å². The van der Waals surface area contributed by atoms with Crippen LogP contribution in [0.5, 0.6) is 0 Å². The van der Waals surface area contributed by atoms with Crippen LogP contribution in [0.2, 0.25) is 0 Å². The van der Waals surface area contributed by atoms with Crippen LogP contribution < -0.4 is 11.1 Å². The van der Waals surface area contributed by atoms with E-state index >= 15 is 0 Å². The average Bonchev–Trinajstić information content (AvgIpc) is 3.09. The summed E-state index contributed by atoms with van der Waals surface area (Å²) >= 11 is 0.